The molecule has 1 unspecified atom stereocenters. The van der Waals surface area contributed by atoms with Crippen molar-refractivity contribution in [2.24, 2.45) is 16.7 Å². The quantitative estimate of drug-likeness (QED) is 0.838. The van der Waals surface area contributed by atoms with Gasteiger partial charge in [0.05, 0.1) is 5.92 Å². The van der Waals surface area contributed by atoms with Gasteiger partial charge in [-0.05, 0) is 45.8 Å². The van der Waals surface area contributed by atoms with Gasteiger partial charge in [-0.2, -0.15) is 0 Å². The Morgan fingerprint density at radius 1 is 1.13 bits per heavy atom. The summed E-state index contributed by atoms with van der Waals surface area (Å²) in [6, 6.07) is 0.387. The molecule has 2 heterocycles. The van der Waals surface area contributed by atoms with Crippen LogP contribution in [0.2, 0.25) is 0 Å². The molecule has 2 saturated heterocycles. The second-order valence-electron chi connectivity index (χ2n) is 8.94. The number of nitrogens with one attached hydrogen (secondary N) is 1. The molecule has 0 aromatic heterocycles. The maximum absolute atomic E-state index is 12.8. The Kier molecular flexibility index (Phi) is 4.20. The van der Waals surface area contributed by atoms with Gasteiger partial charge in [0, 0.05) is 30.0 Å². The van der Waals surface area contributed by atoms with E-state index in [9.17, 15) is 9.59 Å². The minimum absolute atomic E-state index is 0.0214. The molecule has 0 aromatic carbocycles. The van der Waals surface area contributed by atoms with Crippen LogP contribution in [-0.4, -0.2) is 60.9 Å². The molecule has 5 nitrogen and oxygen atoms in total. The summed E-state index contributed by atoms with van der Waals surface area (Å²) < 4.78 is 0. The summed E-state index contributed by atoms with van der Waals surface area (Å²) in [6.07, 6.45) is 4.25. The highest BCUT2D eigenvalue weighted by atomic mass is 16.2. The lowest BCUT2D eigenvalue weighted by atomic mass is 9.70. The Hall–Kier alpha value is -1.10. The van der Waals surface area contributed by atoms with Gasteiger partial charge in [0.25, 0.3) is 0 Å². The number of amides is 2. The zero-order chi connectivity index (χ0) is 16.8. The van der Waals surface area contributed by atoms with Crippen LogP contribution >= 0.6 is 0 Å². The number of hydrogen-bond acceptors (Lipinski definition) is 3. The van der Waals surface area contributed by atoms with Gasteiger partial charge in [-0.25, -0.2) is 0 Å². The van der Waals surface area contributed by atoms with Crippen molar-refractivity contribution in [2.45, 2.75) is 52.5 Å². The number of piperidine rings is 1. The zero-order valence-corrected chi connectivity index (χ0v) is 15.0. The second-order valence-corrected chi connectivity index (χ2v) is 8.94. The summed E-state index contributed by atoms with van der Waals surface area (Å²) in [5.74, 6) is 0.321. The molecule has 3 aliphatic rings. The monoisotopic (exact) mass is 321 g/mol. The van der Waals surface area contributed by atoms with Gasteiger partial charge in [-0.3, -0.25) is 9.59 Å². The van der Waals surface area contributed by atoms with Crippen LogP contribution in [0.4, 0.5) is 0 Å². The standard InChI is InChI=1S/C18H31N3O2/c1-17(2,3)16(23)21-11-14(15(22)19-13-5-6-13)18(12-21)7-9-20(4)10-8-18/h13-14H,5-12H2,1-4H3,(H,19,22). The SMILES string of the molecule is CN1CCC2(CC1)CN(C(=O)C(C)(C)C)CC2C(=O)NC1CC1. The third kappa shape index (κ3) is 3.39. The Balaban J connectivity index is 1.78. The van der Waals surface area contributed by atoms with Gasteiger partial charge in [0.1, 0.15) is 0 Å². The minimum Gasteiger partial charge on any atom is -0.353 e. The molecule has 1 N–H and O–H groups in total. The van der Waals surface area contributed by atoms with E-state index >= 15 is 0 Å². The van der Waals surface area contributed by atoms with Gasteiger partial charge in [0.15, 0.2) is 0 Å². The number of carbonyl (C=O) groups excluding carboxylic acids is 2. The predicted molar refractivity (Wildman–Crippen MR) is 89.9 cm³/mol. The molecule has 1 saturated carbocycles. The summed E-state index contributed by atoms with van der Waals surface area (Å²) in [5.41, 5.74) is -0.402. The molecular weight excluding hydrogens is 290 g/mol. The van der Waals surface area contributed by atoms with Gasteiger partial charge in [-0.1, -0.05) is 20.8 Å². The number of carbonyl (C=O) groups is 2. The summed E-state index contributed by atoms with van der Waals surface area (Å²) in [4.78, 5) is 29.8. The average Bonchev–Trinajstić information content (AvgIpc) is 3.20. The molecular formula is C18H31N3O2. The van der Waals surface area contributed by atoms with Crippen molar-refractivity contribution >= 4 is 11.8 Å². The molecule has 2 aliphatic heterocycles. The number of likely N-dealkylation sites (tertiary alicyclic amines) is 2. The number of rotatable bonds is 2. The largest absolute Gasteiger partial charge is 0.353 e. The molecule has 3 rings (SSSR count). The highest BCUT2D eigenvalue weighted by molar-refractivity contribution is 5.85. The maximum atomic E-state index is 12.8. The van der Waals surface area contributed by atoms with E-state index in [1.54, 1.807) is 0 Å². The van der Waals surface area contributed by atoms with Crippen LogP contribution in [0.5, 0.6) is 0 Å². The van der Waals surface area contributed by atoms with Crippen molar-refractivity contribution in [2.75, 3.05) is 33.2 Å². The number of hydrogen-bond donors (Lipinski definition) is 1. The third-order valence-corrected chi connectivity index (χ3v) is 5.80. The van der Waals surface area contributed by atoms with Crippen LogP contribution in [0, 0.1) is 16.7 Å². The fourth-order valence-electron chi connectivity index (χ4n) is 4.06. The minimum atomic E-state index is -0.380. The Morgan fingerprint density at radius 3 is 2.26 bits per heavy atom. The fraction of sp³-hybridized carbons (Fsp3) is 0.889. The lowest BCUT2D eigenvalue weighted by Crippen LogP contribution is -2.48. The summed E-state index contributed by atoms with van der Waals surface area (Å²) in [5, 5.41) is 3.19. The average molecular weight is 321 g/mol. The Labute approximate surface area is 139 Å². The van der Waals surface area contributed by atoms with Crippen LogP contribution < -0.4 is 5.32 Å². The summed E-state index contributed by atoms with van der Waals surface area (Å²) in [6.45, 7) is 9.28. The predicted octanol–water partition coefficient (Wildman–Crippen LogP) is 1.48. The van der Waals surface area contributed by atoms with Crippen molar-refractivity contribution < 1.29 is 9.59 Å². The highest BCUT2D eigenvalue weighted by Crippen LogP contribution is 2.45. The van der Waals surface area contributed by atoms with E-state index in [2.05, 4.69) is 17.3 Å². The molecule has 0 radical (unpaired) electrons. The van der Waals surface area contributed by atoms with Crippen molar-refractivity contribution in [3.8, 4) is 0 Å². The normalized spacial score (nSPS) is 28.2. The van der Waals surface area contributed by atoms with E-state index in [1.165, 1.54) is 0 Å². The molecule has 3 fully saturated rings. The maximum Gasteiger partial charge on any atom is 0.227 e. The Bertz CT molecular complexity index is 485. The molecule has 2 amide bonds. The first kappa shape index (κ1) is 16.7. The van der Waals surface area contributed by atoms with Crippen LogP contribution in [0.1, 0.15) is 46.5 Å². The topological polar surface area (TPSA) is 52.7 Å². The van der Waals surface area contributed by atoms with Crippen LogP contribution in [-0.2, 0) is 9.59 Å². The van der Waals surface area contributed by atoms with E-state index < -0.39 is 0 Å². The van der Waals surface area contributed by atoms with Crippen molar-refractivity contribution in [1.82, 2.24) is 15.1 Å². The van der Waals surface area contributed by atoms with Gasteiger partial charge < -0.3 is 15.1 Å². The first-order chi connectivity index (χ1) is 10.7. The van der Waals surface area contributed by atoms with E-state index in [4.69, 9.17) is 0 Å². The van der Waals surface area contributed by atoms with Crippen LogP contribution in [0.25, 0.3) is 0 Å². The fourth-order valence-corrected chi connectivity index (χ4v) is 4.06. The zero-order valence-electron chi connectivity index (χ0n) is 15.0. The number of nitrogens with zero attached hydrogens (tertiary/aromatic N) is 2. The third-order valence-electron chi connectivity index (χ3n) is 5.80. The van der Waals surface area contributed by atoms with Gasteiger partial charge >= 0.3 is 0 Å². The lowest BCUT2D eigenvalue weighted by Gasteiger charge is -2.41. The van der Waals surface area contributed by atoms with E-state index in [1.807, 2.05) is 25.7 Å². The molecule has 1 spiro atoms. The summed E-state index contributed by atoms with van der Waals surface area (Å²) in [7, 11) is 2.14. The Morgan fingerprint density at radius 2 is 1.74 bits per heavy atom. The smallest absolute Gasteiger partial charge is 0.227 e. The molecule has 1 aliphatic carbocycles. The van der Waals surface area contributed by atoms with E-state index in [0.717, 1.165) is 45.3 Å². The molecule has 5 heteroatoms. The first-order valence-corrected chi connectivity index (χ1v) is 9.00. The first-order valence-electron chi connectivity index (χ1n) is 9.00. The highest BCUT2D eigenvalue weighted by Gasteiger charge is 2.53. The van der Waals surface area contributed by atoms with Crippen molar-refractivity contribution in [3.63, 3.8) is 0 Å². The van der Waals surface area contributed by atoms with Gasteiger partial charge in [-0.15, -0.1) is 0 Å². The van der Waals surface area contributed by atoms with E-state index in [0.29, 0.717) is 12.6 Å². The molecule has 0 aromatic rings. The molecule has 0 bridgehead atoms. The molecule has 130 valence electrons. The molecule has 1 atom stereocenters. The van der Waals surface area contributed by atoms with Crippen molar-refractivity contribution in [1.29, 1.82) is 0 Å². The summed E-state index contributed by atoms with van der Waals surface area (Å²) >= 11 is 0. The van der Waals surface area contributed by atoms with Crippen LogP contribution in [0.15, 0.2) is 0 Å². The van der Waals surface area contributed by atoms with Gasteiger partial charge in [0.2, 0.25) is 11.8 Å². The van der Waals surface area contributed by atoms with Crippen molar-refractivity contribution in [3.05, 3.63) is 0 Å². The van der Waals surface area contributed by atoms with Crippen LogP contribution in [0.3, 0.4) is 0 Å². The van der Waals surface area contributed by atoms with E-state index in [-0.39, 0.29) is 28.6 Å². The second kappa shape index (κ2) is 5.76. The lowest BCUT2D eigenvalue weighted by molar-refractivity contribution is -0.138. The molecule has 23 heavy (non-hydrogen) atoms.